The second-order valence-electron chi connectivity index (χ2n) is 9.68. The van der Waals surface area contributed by atoms with Crippen molar-refractivity contribution < 1.29 is 71.5 Å². The number of hydrogen-bond acceptors (Lipinski definition) is 0. The van der Waals surface area contributed by atoms with Gasteiger partial charge in [-0.3, -0.25) is 0 Å². The first-order chi connectivity index (χ1) is 17.2. The van der Waals surface area contributed by atoms with E-state index in [1.165, 1.54) is 35.1 Å². The molecule has 0 saturated heterocycles. The van der Waals surface area contributed by atoms with E-state index in [4.69, 9.17) is 0 Å². The summed E-state index contributed by atoms with van der Waals surface area (Å²) in [7, 11) is 0. The molecule has 0 spiro atoms. The summed E-state index contributed by atoms with van der Waals surface area (Å²) in [6.45, 7) is 18.2. The fraction of sp³-hybridized carbons (Fsp3) is 0.500. The number of allylic oxidation sites excluding steroid dienone is 16. The van der Waals surface area contributed by atoms with Gasteiger partial charge in [0, 0.05) is 0 Å². The van der Waals surface area contributed by atoms with E-state index in [1.54, 1.807) is 69.0 Å². The van der Waals surface area contributed by atoms with Crippen LogP contribution in [0.3, 0.4) is 0 Å². The Morgan fingerprint density at radius 1 is 0.632 bits per heavy atom. The molecule has 0 atom stereocenters. The average Bonchev–Trinajstić information content (AvgIpc) is 3.62. The van der Waals surface area contributed by atoms with E-state index in [-0.39, 0.29) is 35.7 Å². The number of rotatable bonds is 6. The molecule has 0 heterocycles. The van der Waals surface area contributed by atoms with Gasteiger partial charge in [0.25, 0.3) is 0 Å². The van der Waals surface area contributed by atoms with Crippen LogP contribution in [0.1, 0.15) is 79.1 Å². The first-order valence-electron chi connectivity index (χ1n) is 13.6. The molecule has 208 valence electrons. The molecule has 0 bridgehead atoms. The van der Waals surface area contributed by atoms with Crippen molar-refractivity contribution in [1.29, 1.82) is 0 Å². The van der Waals surface area contributed by atoms with E-state index < -0.39 is 0 Å². The van der Waals surface area contributed by atoms with Crippen LogP contribution in [0, 0.1) is 12.2 Å². The molecule has 0 amide bonds. The van der Waals surface area contributed by atoms with Crippen LogP contribution in [0.2, 0.25) is 26.2 Å². The van der Waals surface area contributed by atoms with Gasteiger partial charge in [0.05, 0.1) is 0 Å². The fourth-order valence-corrected chi connectivity index (χ4v) is 4.58. The summed E-state index contributed by atoms with van der Waals surface area (Å²) >= 11 is 3.48. The molecule has 0 N–H and O–H groups in total. The molecule has 6 heteroatoms. The van der Waals surface area contributed by atoms with Gasteiger partial charge < -0.3 is 24.8 Å². The Balaban J connectivity index is 0. The topological polar surface area (TPSA) is 0 Å². The number of hydrogen-bond donors (Lipinski definition) is 0. The Morgan fingerprint density at radius 2 is 0.947 bits per heavy atom. The molecule has 0 fully saturated rings. The maximum absolute atomic E-state index is 3.53. The smallest absolute Gasteiger partial charge is 1.00 e. The van der Waals surface area contributed by atoms with Crippen LogP contribution in [0.4, 0.5) is 0 Å². The summed E-state index contributed by atoms with van der Waals surface area (Å²) in [5.74, 6) is 0. The third kappa shape index (κ3) is 14.5. The second-order valence-corrected chi connectivity index (χ2v) is 28.4. The van der Waals surface area contributed by atoms with Crippen molar-refractivity contribution in [1.82, 2.24) is 0 Å². The number of halogens is 2. The summed E-state index contributed by atoms with van der Waals surface area (Å²) in [5.41, 5.74) is 12.5. The van der Waals surface area contributed by atoms with Gasteiger partial charge in [-0.05, 0) is 12.8 Å². The van der Waals surface area contributed by atoms with E-state index in [9.17, 15) is 0 Å². The molecule has 0 unspecified atom stereocenters. The van der Waals surface area contributed by atoms with Crippen molar-refractivity contribution in [3.05, 3.63) is 93.2 Å². The zero-order valence-corrected chi connectivity index (χ0v) is 33.3. The van der Waals surface area contributed by atoms with Crippen LogP contribution >= 0.6 is 0 Å². The zero-order valence-electron chi connectivity index (χ0n) is 24.9. The molecule has 0 saturated carbocycles. The summed E-state index contributed by atoms with van der Waals surface area (Å²) in [6.07, 6.45) is 29.3. The molecule has 0 aromatic rings. The van der Waals surface area contributed by atoms with Gasteiger partial charge in [-0.15, -0.1) is 34.4 Å². The predicted octanol–water partition coefficient (Wildman–Crippen LogP) is 3.82. The molecule has 0 radical (unpaired) electrons. The van der Waals surface area contributed by atoms with Crippen LogP contribution < -0.4 is 24.8 Å². The van der Waals surface area contributed by atoms with Crippen LogP contribution in [-0.2, 0) is 46.7 Å². The van der Waals surface area contributed by atoms with E-state index in [0.717, 1.165) is 38.5 Å². The Bertz CT molecular complexity index is 959. The van der Waals surface area contributed by atoms with Crippen molar-refractivity contribution in [2.45, 2.75) is 105 Å². The van der Waals surface area contributed by atoms with Crippen LogP contribution in [0.15, 0.2) is 81.0 Å². The molecule has 38 heavy (non-hydrogen) atoms. The molecular formula is C32H46Cl2Si2Zr2-4. The Morgan fingerprint density at radius 3 is 1.16 bits per heavy atom. The van der Waals surface area contributed by atoms with Crippen LogP contribution in [0.5, 0.6) is 0 Å². The van der Waals surface area contributed by atoms with Gasteiger partial charge in [0.15, 0.2) is 0 Å². The van der Waals surface area contributed by atoms with Gasteiger partial charge in [0.2, 0.25) is 0 Å². The first kappa shape index (κ1) is 40.8. The minimum absolute atomic E-state index is 0. The standard InChI is InChI=1S/2C14H17.2C2H6Si.2ClH.2Zr/c2*1-3-11-9-10-14(13(11)4-2)12-7-5-6-8-12;2*1-3-2;;;;/h2*5-7H,3-4,8-9H2,1-2H3;2*1-2H3;2*1H;;/q2*-1;;;;;;/p-2. The minimum Gasteiger partial charge on any atom is -1.00 e. The van der Waals surface area contributed by atoms with Crippen molar-refractivity contribution >= 4 is 10.9 Å². The van der Waals surface area contributed by atoms with E-state index in [0.29, 0.717) is 0 Å². The molecule has 4 rings (SSSR count). The Hall–Kier alpha value is 0.700. The Kier molecular flexibility index (Phi) is 25.0. The van der Waals surface area contributed by atoms with E-state index >= 15 is 0 Å². The van der Waals surface area contributed by atoms with E-state index in [1.807, 2.05) is 0 Å². The summed E-state index contributed by atoms with van der Waals surface area (Å²) in [4.78, 5) is 0. The monoisotopic (exact) mass is 736 g/mol. The van der Waals surface area contributed by atoms with Crippen molar-refractivity contribution in [2.75, 3.05) is 0 Å². The molecule has 4 aliphatic carbocycles. The molecule has 0 aromatic carbocycles. The van der Waals surface area contributed by atoms with Crippen molar-refractivity contribution in [3.63, 3.8) is 0 Å². The Labute approximate surface area is 278 Å². The third-order valence-electron chi connectivity index (χ3n) is 6.16. The average molecular weight is 740 g/mol. The van der Waals surface area contributed by atoms with Crippen molar-refractivity contribution in [2.24, 2.45) is 0 Å². The quantitative estimate of drug-likeness (QED) is 0.288. The molecule has 0 aromatic heterocycles. The van der Waals surface area contributed by atoms with Crippen LogP contribution in [0.25, 0.3) is 0 Å². The SMILES string of the molecule is CCC1=C(CC)C(C2=CC=CC2)=[C-]C1.CCC1=C(CC)C(C2=CC=CC2)=[C-]C1.C[Si](C)=[Zr].C[Si](C)=[Zr].[Cl-].[Cl-]. The fourth-order valence-electron chi connectivity index (χ4n) is 4.58. The maximum Gasteiger partial charge on any atom is -1.00 e. The van der Waals surface area contributed by atoms with Gasteiger partial charge in [0.1, 0.15) is 0 Å². The predicted molar refractivity (Wildman–Crippen MR) is 157 cm³/mol. The summed E-state index contributed by atoms with van der Waals surface area (Å²) < 4.78 is 0. The molecule has 0 nitrogen and oxygen atoms in total. The molecular weight excluding hydrogens is 694 g/mol. The maximum atomic E-state index is 3.53. The summed E-state index contributed by atoms with van der Waals surface area (Å²) in [5, 5.41) is 0. The zero-order chi connectivity index (χ0) is 27.1. The largest absolute Gasteiger partial charge is 1.00 e. The molecule has 0 aliphatic heterocycles. The second kappa shape index (κ2) is 23.3. The van der Waals surface area contributed by atoms with Crippen LogP contribution in [-0.4, -0.2) is 10.9 Å². The first-order valence-corrected chi connectivity index (χ1v) is 26.0. The van der Waals surface area contributed by atoms with Gasteiger partial charge in [-0.25, -0.2) is 0 Å². The third-order valence-corrected chi connectivity index (χ3v) is 6.16. The van der Waals surface area contributed by atoms with Gasteiger partial charge in [-0.2, -0.15) is 34.4 Å². The van der Waals surface area contributed by atoms with Gasteiger partial charge in [-0.1, -0.05) is 90.5 Å². The minimum atomic E-state index is 0. The summed E-state index contributed by atoms with van der Waals surface area (Å²) in [6, 6.07) is 0. The van der Waals surface area contributed by atoms with Crippen molar-refractivity contribution in [3.8, 4) is 0 Å². The van der Waals surface area contributed by atoms with E-state index in [2.05, 4.69) is 102 Å². The molecule has 4 aliphatic rings. The van der Waals surface area contributed by atoms with Gasteiger partial charge >= 0.3 is 83.7 Å². The normalized spacial score (nSPS) is 16.4.